The van der Waals surface area contributed by atoms with E-state index >= 15 is 0 Å². The van der Waals surface area contributed by atoms with E-state index in [2.05, 4.69) is 15.3 Å². The van der Waals surface area contributed by atoms with Gasteiger partial charge in [0.05, 0.1) is 10.9 Å². The summed E-state index contributed by atoms with van der Waals surface area (Å²) >= 11 is 0. The molecule has 0 fully saturated rings. The fourth-order valence-corrected chi connectivity index (χ4v) is 2.89. The van der Waals surface area contributed by atoms with E-state index in [0.717, 1.165) is 21.9 Å². The van der Waals surface area contributed by atoms with E-state index < -0.39 is 0 Å². The molecule has 0 saturated carbocycles. The number of aromatic amines is 1. The van der Waals surface area contributed by atoms with Gasteiger partial charge >= 0.3 is 0 Å². The second kappa shape index (κ2) is 5.85. The summed E-state index contributed by atoms with van der Waals surface area (Å²) in [6, 6.07) is 17.3. The molecule has 0 saturated heterocycles. The summed E-state index contributed by atoms with van der Waals surface area (Å²) < 4.78 is 0. The molecule has 2 aromatic carbocycles. The molecule has 4 aromatic rings. The summed E-state index contributed by atoms with van der Waals surface area (Å²) in [5.41, 5.74) is 2.35. The van der Waals surface area contributed by atoms with Crippen molar-refractivity contribution in [1.29, 1.82) is 0 Å². The van der Waals surface area contributed by atoms with Crippen molar-refractivity contribution in [2.45, 2.75) is 6.54 Å². The molecule has 5 heteroatoms. The molecule has 0 atom stereocenters. The van der Waals surface area contributed by atoms with Crippen LogP contribution in [0.3, 0.4) is 0 Å². The Morgan fingerprint density at radius 3 is 2.71 bits per heavy atom. The van der Waals surface area contributed by atoms with Crippen molar-refractivity contribution in [3.63, 3.8) is 0 Å². The van der Waals surface area contributed by atoms with E-state index in [9.17, 15) is 4.79 Å². The average molecular weight is 311 g/mol. The molecular formula is C19H14BN3O. The van der Waals surface area contributed by atoms with Crippen LogP contribution in [-0.4, -0.2) is 17.8 Å². The highest BCUT2D eigenvalue weighted by atomic mass is 16.1. The van der Waals surface area contributed by atoms with Crippen LogP contribution in [-0.2, 0) is 6.54 Å². The summed E-state index contributed by atoms with van der Waals surface area (Å²) in [5.74, 6) is 0.692. The van der Waals surface area contributed by atoms with Gasteiger partial charge < -0.3 is 10.3 Å². The van der Waals surface area contributed by atoms with Crippen molar-refractivity contribution in [2.24, 2.45) is 0 Å². The number of nitrogens with zero attached hydrogens (tertiary/aromatic N) is 1. The van der Waals surface area contributed by atoms with Crippen LogP contribution in [0, 0.1) is 0 Å². The Bertz CT molecular complexity index is 1090. The lowest BCUT2D eigenvalue weighted by Crippen LogP contribution is -2.10. The highest BCUT2D eigenvalue weighted by Gasteiger charge is 2.11. The topological polar surface area (TPSA) is 57.8 Å². The largest absolute Gasteiger partial charge is 0.365 e. The van der Waals surface area contributed by atoms with Crippen molar-refractivity contribution in [3.05, 3.63) is 76.7 Å². The summed E-state index contributed by atoms with van der Waals surface area (Å²) in [6.45, 7) is 0.635. The zero-order chi connectivity index (χ0) is 16.5. The van der Waals surface area contributed by atoms with Gasteiger partial charge in [0, 0.05) is 23.5 Å². The highest BCUT2D eigenvalue weighted by molar-refractivity contribution is 6.33. The minimum Gasteiger partial charge on any atom is -0.365 e. The van der Waals surface area contributed by atoms with Gasteiger partial charge in [-0.15, -0.1) is 0 Å². The molecule has 0 amide bonds. The number of fused-ring (bicyclic) bond motifs is 3. The van der Waals surface area contributed by atoms with Gasteiger partial charge in [0.2, 0.25) is 0 Å². The Labute approximate surface area is 140 Å². The first-order valence-corrected chi connectivity index (χ1v) is 7.71. The summed E-state index contributed by atoms with van der Waals surface area (Å²) in [5, 5.41) is 5.49. The number of H-pyrrole nitrogens is 1. The van der Waals surface area contributed by atoms with Gasteiger partial charge in [0.1, 0.15) is 13.7 Å². The third-order valence-corrected chi connectivity index (χ3v) is 4.04. The molecule has 4 nitrogen and oxygen atoms in total. The van der Waals surface area contributed by atoms with Gasteiger partial charge in [0.25, 0.3) is 5.56 Å². The summed E-state index contributed by atoms with van der Waals surface area (Å²) in [7, 11) is 5.88. The van der Waals surface area contributed by atoms with Crippen LogP contribution in [0.5, 0.6) is 0 Å². The molecule has 0 aliphatic heterocycles. The molecular weight excluding hydrogens is 297 g/mol. The maximum absolute atomic E-state index is 12.4. The van der Waals surface area contributed by atoms with Crippen molar-refractivity contribution in [2.75, 3.05) is 5.32 Å². The molecule has 114 valence electrons. The Morgan fingerprint density at radius 2 is 1.88 bits per heavy atom. The maximum atomic E-state index is 12.4. The van der Waals surface area contributed by atoms with Gasteiger partial charge in [-0.3, -0.25) is 4.79 Å². The van der Waals surface area contributed by atoms with Crippen LogP contribution >= 0.6 is 0 Å². The summed E-state index contributed by atoms with van der Waals surface area (Å²) in [4.78, 5) is 19.8. The first kappa shape index (κ1) is 14.5. The Hall–Kier alpha value is -3.08. The average Bonchev–Trinajstić information content (AvgIpc) is 2.61. The Kier molecular flexibility index (Phi) is 3.54. The van der Waals surface area contributed by atoms with Gasteiger partial charge in [-0.25, -0.2) is 4.98 Å². The zero-order valence-corrected chi connectivity index (χ0v) is 12.9. The monoisotopic (exact) mass is 311 g/mol. The first-order valence-electron chi connectivity index (χ1n) is 7.71. The number of pyridine rings is 2. The van der Waals surface area contributed by atoms with Gasteiger partial charge in [-0.05, 0) is 17.7 Å². The van der Waals surface area contributed by atoms with Gasteiger partial charge in [-0.1, -0.05) is 47.9 Å². The quantitative estimate of drug-likeness (QED) is 0.451. The predicted molar refractivity (Wildman–Crippen MR) is 99.0 cm³/mol. The zero-order valence-electron chi connectivity index (χ0n) is 12.9. The SMILES string of the molecule is [B]c1ccc2nc(NCc3ccccc3)c3cc[nH]c(=O)c3c2c1. The molecule has 0 aliphatic carbocycles. The maximum Gasteiger partial charge on any atom is 0.256 e. The second-order valence-corrected chi connectivity index (χ2v) is 5.67. The smallest absolute Gasteiger partial charge is 0.256 e. The van der Waals surface area contributed by atoms with Crippen molar-refractivity contribution >= 4 is 40.8 Å². The van der Waals surface area contributed by atoms with Crippen molar-refractivity contribution < 1.29 is 0 Å². The number of rotatable bonds is 3. The molecule has 2 radical (unpaired) electrons. The third-order valence-electron chi connectivity index (χ3n) is 4.04. The minimum absolute atomic E-state index is 0.145. The van der Waals surface area contributed by atoms with Crippen LogP contribution in [0.4, 0.5) is 5.82 Å². The molecule has 0 unspecified atom stereocenters. The molecule has 0 aliphatic rings. The minimum atomic E-state index is -0.145. The molecule has 0 bridgehead atoms. The van der Waals surface area contributed by atoms with Gasteiger partial charge in [-0.2, -0.15) is 0 Å². The lowest BCUT2D eigenvalue weighted by Gasteiger charge is -2.11. The van der Waals surface area contributed by atoms with Gasteiger partial charge in [0.15, 0.2) is 0 Å². The van der Waals surface area contributed by atoms with E-state index in [4.69, 9.17) is 7.85 Å². The van der Waals surface area contributed by atoms with E-state index in [1.54, 1.807) is 18.3 Å². The number of benzene rings is 2. The van der Waals surface area contributed by atoms with Crippen molar-refractivity contribution in [1.82, 2.24) is 9.97 Å². The number of hydrogen-bond acceptors (Lipinski definition) is 3. The van der Waals surface area contributed by atoms with E-state index in [-0.39, 0.29) is 5.56 Å². The third kappa shape index (κ3) is 2.54. The second-order valence-electron chi connectivity index (χ2n) is 5.67. The molecule has 2 heterocycles. The standard InChI is InChI=1S/C19H14BN3O/c20-13-6-7-16-15(10-13)17-14(8-9-21-19(17)24)18(23-16)22-11-12-4-2-1-3-5-12/h1-10H,11H2,(H,21,24)(H,22,23). The van der Waals surface area contributed by atoms with Crippen LogP contribution in [0.2, 0.25) is 0 Å². The number of nitrogens with one attached hydrogen (secondary N) is 2. The Morgan fingerprint density at radius 1 is 1.04 bits per heavy atom. The molecule has 2 N–H and O–H groups in total. The van der Waals surface area contributed by atoms with Crippen LogP contribution in [0.25, 0.3) is 21.7 Å². The molecule has 24 heavy (non-hydrogen) atoms. The van der Waals surface area contributed by atoms with Crippen LogP contribution < -0.4 is 16.3 Å². The van der Waals surface area contributed by atoms with E-state index in [0.29, 0.717) is 23.2 Å². The van der Waals surface area contributed by atoms with Crippen LogP contribution in [0.15, 0.2) is 65.6 Å². The lowest BCUT2D eigenvalue weighted by atomic mass is 9.93. The Balaban J connectivity index is 1.89. The molecule has 4 rings (SSSR count). The van der Waals surface area contributed by atoms with E-state index in [1.807, 2.05) is 42.5 Å². The number of anilines is 1. The molecule has 2 aromatic heterocycles. The predicted octanol–water partition coefficient (Wildman–Crippen LogP) is 2.48. The first-order chi connectivity index (χ1) is 11.7. The molecule has 0 spiro atoms. The van der Waals surface area contributed by atoms with Crippen molar-refractivity contribution in [3.8, 4) is 0 Å². The number of aromatic nitrogens is 2. The van der Waals surface area contributed by atoms with Crippen LogP contribution in [0.1, 0.15) is 5.56 Å². The highest BCUT2D eigenvalue weighted by Crippen LogP contribution is 2.26. The normalized spacial score (nSPS) is 11.0. The fourth-order valence-electron chi connectivity index (χ4n) is 2.89. The number of hydrogen-bond donors (Lipinski definition) is 2. The summed E-state index contributed by atoms with van der Waals surface area (Å²) in [6.07, 6.45) is 1.64. The fraction of sp³-hybridized carbons (Fsp3) is 0.0526. The lowest BCUT2D eigenvalue weighted by molar-refractivity contribution is 1.13. The van der Waals surface area contributed by atoms with E-state index in [1.165, 1.54) is 0 Å².